The van der Waals surface area contributed by atoms with Crippen molar-refractivity contribution in [3.05, 3.63) is 112 Å². The van der Waals surface area contributed by atoms with Crippen LogP contribution in [0.5, 0.6) is 5.75 Å². The van der Waals surface area contributed by atoms with Crippen molar-refractivity contribution in [2.45, 2.75) is 43.1 Å². The number of hydrogen-bond acceptors (Lipinski definition) is 7. The third-order valence-electron chi connectivity index (χ3n) is 8.97. The number of aromatic nitrogens is 2. The van der Waals surface area contributed by atoms with Crippen LogP contribution >= 0.6 is 0 Å². The summed E-state index contributed by atoms with van der Waals surface area (Å²) < 4.78 is 68.7. The Balaban J connectivity index is 1.34. The minimum atomic E-state index is -3.29. The van der Waals surface area contributed by atoms with Gasteiger partial charge in [0.2, 0.25) is 5.91 Å². The number of nitrogens with one attached hydrogen (secondary N) is 1. The second-order valence-electron chi connectivity index (χ2n) is 12.3. The number of alkyl halides is 2. The third kappa shape index (κ3) is 5.23. The molecular formula is C35H28F4N4O5. The van der Waals surface area contributed by atoms with Gasteiger partial charge in [0.05, 0.1) is 17.8 Å². The standard InChI is InChI=1S/C35H28F4N4O5/c1-34(33(40)45)16-47-29-22(34)13-27(43-28(29)20-12-21(30(38)39)24(37)14-23(20)36)35(46,19-5-3-2-4-6-19)15-41-31(44)18-9-10-25-26(11-18)48-32(42-25)17-7-8-17/h2-6,9-14,17,30,46H,7-8,15-16H2,1H3,(H2,40,45)(H,41,44)/t34-,35+/m0/s1. The molecule has 1 aliphatic carbocycles. The number of oxazole rings is 1. The second-order valence-corrected chi connectivity index (χ2v) is 12.3. The molecule has 1 fully saturated rings. The van der Waals surface area contributed by atoms with Gasteiger partial charge in [0.1, 0.15) is 46.2 Å². The van der Waals surface area contributed by atoms with Crippen LogP contribution in [0.25, 0.3) is 22.4 Å². The second kappa shape index (κ2) is 11.4. The van der Waals surface area contributed by atoms with Crippen LogP contribution in [0, 0.1) is 11.6 Å². The molecule has 0 unspecified atom stereocenters. The predicted molar refractivity (Wildman–Crippen MR) is 164 cm³/mol. The zero-order chi connectivity index (χ0) is 34.0. The zero-order valence-electron chi connectivity index (χ0n) is 25.4. The molecule has 7 rings (SSSR count). The Labute approximate surface area is 270 Å². The lowest BCUT2D eigenvalue weighted by atomic mass is 9.80. The molecule has 9 nitrogen and oxygen atoms in total. The number of carbonyl (C=O) groups is 2. The molecule has 0 bridgehead atoms. The third-order valence-corrected chi connectivity index (χ3v) is 8.97. The van der Waals surface area contributed by atoms with E-state index in [-0.39, 0.29) is 46.4 Å². The average Bonchev–Trinajstić information content (AvgIpc) is 3.74. The van der Waals surface area contributed by atoms with E-state index in [1.807, 2.05) is 0 Å². The Hall–Kier alpha value is -5.30. The number of halogens is 4. The van der Waals surface area contributed by atoms with E-state index in [2.05, 4.69) is 15.3 Å². The summed E-state index contributed by atoms with van der Waals surface area (Å²) in [7, 11) is 0. The fraction of sp³-hybridized carbons (Fsp3) is 0.257. The van der Waals surface area contributed by atoms with E-state index in [9.17, 15) is 27.9 Å². The van der Waals surface area contributed by atoms with Crippen molar-refractivity contribution < 1.29 is 41.4 Å². The first kappa shape index (κ1) is 31.3. The topological polar surface area (TPSA) is 141 Å². The van der Waals surface area contributed by atoms with Crippen LogP contribution in [0.3, 0.4) is 0 Å². The van der Waals surface area contributed by atoms with Crippen molar-refractivity contribution >= 4 is 22.9 Å². The number of fused-ring (bicyclic) bond motifs is 2. The summed E-state index contributed by atoms with van der Waals surface area (Å²) in [5.41, 5.74) is 1.52. The molecule has 2 aromatic heterocycles. The number of benzene rings is 3. The summed E-state index contributed by atoms with van der Waals surface area (Å²) in [5.74, 6) is -3.34. The maximum Gasteiger partial charge on any atom is 0.266 e. The number of nitrogens with zero attached hydrogens (tertiary/aromatic N) is 2. The number of aliphatic hydroxyl groups is 1. The molecule has 1 saturated carbocycles. The highest BCUT2D eigenvalue weighted by atomic mass is 19.3. The SMILES string of the molecule is C[C@]1(C(N)=O)COc2c1cc([C@@](O)(CNC(=O)c1ccc3nc(C4CC4)oc3c1)c1ccccc1)nc2-c1cc(C(F)F)c(F)cc1F. The van der Waals surface area contributed by atoms with Crippen molar-refractivity contribution in [1.29, 1.82) is 0 Å². The Morgan fingerprint density at radius 2 is 1.81 bits per heavy atom. The van der Waals surface area contributed by atoms with E-state index >= 15 is 4.39 Å². The fourth-order valence-electron chi connectivity index (χ4n) is 5.85. The fourth-order valence-corrected chi connectivity index (χ4v) is 5.85. The number of pyridine rings is 1. The molecule has 1 aliphatic heterocycles. The van der Waals surface area contributed by atoms with Crippen LogP contribution in [0.1, 0.15) is 70.7 Å². The molecule has 4 N–H and O–H groups in total. The van der Waals surface area contributed by atoms with Crippen molar-refractivity contribution in [3.63, 3.8) is 0 Å². The molecule has 2 aliphatic rings. The summed E-state index contributed by atoms with van der Waals surface area (Å²) in [6, 6.07) is 15.2. The van der Waals surface area contributed by atoms with Crippen LogP contribution in [0.2, 0.25) is 0 Å². The molecule has 48 heavy (non-hydrogen) atoms. The van der Waals surface area contributed by atoms with Gasteiger partial charge in [0.15, 0.2) is 11.5 Å². The van der Waals surface area contributed by atoms with Gasteiger partial charge in [-0.15, -0.1) is 0 Å². The highest BCUT2D eigenvalue weighted by molar-refractivity contribution is 5.97. The molecule has 2 amide bonds. The Bertz CT molecular complexity index is 2100. The van der Waals surface area contributed by atoms with Crippen LogP contribution in [0.15, 0.2) is 71.1 Å². The van der Waals surface area contributed by atoms with E-state index in [4.69, 9.17) is 14.9 Å². The van der Waals surface area contributed by atoms with Gasteiger partial charge in [-0.2, -0.15) is 0 Å². The van der Waals surface area contributed by atoms with Gasteiger partial charge in [-0.3, -0.25) is 9.59 Å². The lowest BCUT2D eigenvalue weighted by Crippen LogP contribution is -2.43. The number of nitrogens with two attached hydrogens (primary N) is 1. The predicted octanol–water partition coefficient (Wildman–Crippen LogP) is 5.78. The summed E-state index contributed by atoms with van der Waals surface area (Å²) in [5, 5.41) is 15.1. The first-order valence-corrected chi connectivity index (χ1v) is 15.1. The molecular weight excluding hydrogens is 632 g/mol. The molecule has 3 heterocycles. The van der Waals surface area contributed by atoms with Crippen molar-refractivity contribution in [2.75, 3.05) is 13.2 Å². The van der Waals surface area contributed by atoms with Crippen molar-refractivity contribution in [2.24, 2.45) is 5.73 Å². The molecule has 246 valence electrons. The maximum atomic E-state index is 15.3. The van der Waals surface area contributed by atoms with Gasteiger partial charge in [-0.1, -0.05) is 30.3 Å². The van der Waals surface area contributed by atoms with E-state index in [0.29, 0.717) is 29.1 Å². The van der Waals surface area contributed by atoms with Crippen LogP contribution in [-0.4, -0.2) is 40.0 Å². The van der Waals surface area contributed by atoms with Crippen molar-refractivity contribution in [3.8, 4) is 17.0 Å². The van der Waals surface area contributed by atoms with Gasteiger partial charge in [-0.05, 0) is 55.7 Å². The molecule has 2 atom stereocenters. The first-order valence-electron chi connectivity index (χ1n) is 15.1. The first-order chi connectivity index (χ1) is 22.9. The van der Waals surface area contributed by atoms with E-state index in [1.54, 1.807) is 48.5 Å². The largest absolute Gasteiger partial charge is 0.489 e. The highest BCUT2D eigenvalue weighted by Crippen LogP contribution is 2.47. The normalized spacial score (nSPS) is 18.4. The Morgan fingerprint density at radius 3 is 2.50 bits per heavy atom. The number of hydrogen-bond donors (Lipinski definition) is 3. The summed E-state index contributed by atoms with van der Waals surface area (Å²) in [6.45, 7) is 0.691. The Kier molecular flexibility index (Phi) is 7.46. The smallest absolute Gasteiger partial charge is 0.266 e. The maximum absolute atomic E-state index is 15.3. The zero-order valence-corrected chi connectivity index (χ0v) is 25.4. The molecule has 3 aromatic carbocycles. The average molecular weight is 661 g/mol. The van der Waals surface area contributed by atoms with Gasteiger partial charge in [0.25, 0.3) is 12.3 Å². The molecule has 0 radical (unpaired) electrons. The van der Waals surface area contributed by atoms with Crippen LogP contribution in [-0.2, 0) is 15.8 Å². The lowest BCUT2D eigenvalue weighted by Gasteiger charge is -2.30. The highest BCUT2D eigenvalue weighted by Gasteiger charge is 2.46. The number of rotatable bonds is 9. The summed E-state index contributed by atoms with van der Waals surface area (Å²) in [6.07, 6.45) is -1.31. The summed E-state index contributed by atoms with van der Waals surface area (Å²) >= 11 is 0. The number of amides is 2. The molecule has 5 aromatic rings. The van der Waals surface area contributed by atoms with E-state index in [1.165, 1.54) is 13.0 Å². The molecule has 13 heteroatoms. The van der Waals surface area contributed by atoms with Crippen molar-refractivity contribution in [1.82, 2.24) is 15.3 Å². The Morgan fingerprint density at radius 1 is 1.06 bits per heavy atom. The monoisotopic (exact) mass is 660 g/mol. The minimum Gasteiger partial charge on any atom is -0.489 e. The van der Waals surface area contributed by atoms with Gasteiger partial charge < -0.3 is 25.3 Å². The molecule has 0 spiro atoms. The van der Waals surface area contributed by atoms with E-state index in [0.717, 1.165) is 12.8 Å². The van der Waals surface area contributed by atoms with E-state index < -0.39 is 58.6 Å². The molecule has 0 saturated heterocycles. The van der Waals surface area contributed by atoms with Crippen LogP contribution < -0.4 is 15.8 Å². The number of ether oxygens (including phenoxy) is 1. The quantitative estimate of drug-likeness (QED) is 0.170. The number of primary amides is 1. The van der Waals surface area contributed by atoms with Crippen LogP contribution in [0.4, 0.5) is 17.6 Å². The summed E-state index contributed by atoms with van der Waals surface area (Å²) in [4.78, 5) is 35.1. The lowest BCUT2D eigenvalue weighted by molar-refractivity contribution is -0.123. The number of carbonyl (C=O) groups excluding carboxylic acids is 2. The van der Waals surface area contributed by atoms with Gasteiger partial charge in [-0.25, -0.2) is 27.5 Å². The van der Waals surface area contributed by atoms with Gasteiger partial charge >= 0.3 is 0 Å². The van der Waals surface area contributed by atoms with Gasteiger partial charge in [0, 0.05) is 28.7 Å². The minimum absolute atomic E-state index is 0.0974.